The Morgan fingerprint density at radius 2 is 2.29 bits per heavy atom. The molecule has 1 amide bonds. The van der Waals surface area contributed by atoms with Crippen molar-refractivity contribution in [3.05, 3.63) is 11.3 Å². The predicted octanol–water partition coefficient (Wildman–Crippen LogP) is 1.76. The lowest BCUT2D eigenvalue weighted by Crippen LogP contribution is -2.23. The van der Waals surface area contributed by atoms with E-state index in [1.807, 2.05) is 0 Å². The third kappa shape index (κ3) is 2.43. The van der Waals surface area contributed by atoms with E-state index in [2.05, 4.69) is 24.3 Å². The summed E-state index contributed by atoms with van der Waals surface area (Å²) in [5.41, 5.74) is 7.55. The Bertz CT molecular complexity index is 422. The standard InChI is InChI=1S/C12H20N4O/c1-8(2)7-10-9-5-3-4-6-14-11(9)16(15-10)12(13)17/h8,14H,3-7H2,1-2H3,(H2,13,17). The van der Waals surface area contributed by atoms with Crippen molar-refractivity contribution in [3.8, 4) is 0 Å². The maximum absolute atomic E-state index is 11.4. The number of nitrogens with two attached hydrogens (primary N) is 1. The van der Waals surface area contributed by atoms with E-state index in [9.17, 15) is 4.79 Å². The monoisotopic (exact) mass is 236 g/mol. The fourth-order valence-corrected chi connectivity index (χ4v) is 2.28. The molecule has 0 aliphatic carbocycles. The van der Waals surface area contributed by atoms with Crippen LogP contribution in [0.25, 0.3) is 0 Å². The van der Waals surface area contributed by atoms with Crippen LogP contribution in [0.1, 0.15) is 37.9 Å². The highest BCUT2D eigenvalue weighted by molar-refractivity contribution is 5.79. The van der Waals surface area contributed by atoms with Crippen molar-refractivity contribution >= 4 is 11.8 Å². The number of amides is 1. The summed E-state index contributed by atoms with van der Waals surface area (Å²) in [4.78, 5) is 11.4. The number of nitrogens with zero attached hydrogens (tertiary/aromatic N) is 2. The zero-order valence-corrected chi connectivity index (χ0v) is 10.5. The van der Waals surface area contributed by atoms with Crippen molar-refractivity contribution in [3.63, 3.8) is 0 Å². The molecule has 17 heavy (non-hydrogen) atoms. The van der Waals surface area contributed by atoms with Crippen LogP contribution in [0.15, 0.2) is 0 Å². The second-order valence-corrected chi connectivity index (χ2v) is 5.01. The normalized spacial score (nSPS) is 15.2. The molecule has 2 heterocycles. The maximum atomic E-state index is 11.4. The van der Waals surface area contributed by atoms with Gasteiger partial charge in [0.05, 0.1) is 5.69 Å². The van der Waals surface area contributed by atoms with Gasteiger partial charge in [0.1, 0.15) is 5.82 Å². The van der Waals surface area contributed by atoms with Gasteiger partial charge in [-0.15, -0.1) is 0 Å². The molecule has 0 aromatic carbocycles. The molecule has 1 aromatic rings. The summed E-state index contributed by atoms with van der Waals surface area (Å²) in [6.07, 6.45) is 4.13. The van der Waals surface area contributed by atoms with E-state index in [-0.39, 0.29) is 0 Å². The van der Waals surface area contributed by atoms with Crippen LogP contribution in [0.5, 0.6) is 0 Å². The minimum Gasteiger partial charge on any atom is -0.370 e. The molecule has 5 nitrogen and oxygen atoms in total. The average molecular weight is 236 g/mol. The molecule has 0 saturated heterocycles. The lowest BCUT2D eigenvalue weighted by atomic mass is 10.0. The van der Waals surface area contributed by atoms with Gasteiger partial charge in [0.15, 0.2) is 0 Å². The van der Waals surface area contributed by atoms with E-state index in [1.165, 1.54) is 10.2 Å². The molecule has 1 aromatic heterocycles. The number of fused-ring (bicyclic) bond motifs is 1. The second kappa shape index (κ2) is 4.77. The van der Waals surface area contributed by atoms with Gasteiger partial charge in [-0.1, -0.05) is 13.8 Å². The van der Waals surface area contributed by atoms with Crippen molar-refractivity contribution in [1.82, 2.24) is 9.78 Å². The first-order chi connectivity index (χ1) is 8.09. The number of hydrogen-bond acceptors (Lipinski definition) is 3. The summed E-state index contributed by atoms with van der Waals surface area (Å²) in [6.45, 7) is 5.19. The summed E-state index contributed by atoms with van der Waals surface area (Å²) in [5, 5.41) is 7.62. The molecule has 1 aliphatic heterocycles. The molecule has 0 bridgehead atoms. The van der Waals surface area contributed by atoms with Gasteiger partial charge in [-0.2, -0.15) is 9.78 Å². The summed E-state index contributed by atoms with van der Waals surface area (Å²) in [7, 11) is 0. The number of primary amides is 1. The Kier molecular flexibility index (Phi) is 3.36. The van der Waals surface area contributed by atoms with Gasteiger partial charge < -0.3 is 11.1 Å². The SMILES string of the molecule is CC(C)Cc1nn(C(N)=O)c2c1CCCCN2. The van der Waals surface area contributed by atoms with E-state index in [1.54, 1.807) is 0 Å². The number of aromatic nitrogens is 2. The summed E-state index contributed by atoms with van der Waals surface area (Å²) >= 11 is 0. The van der Waals surface area contributed by atoms with Crippen LogP contribution in [-0.2, 0) is 12.8 Å². The van der Waals surface area contributed by atoms with E-state index in [4.69, 9.17) is 5.73 Å². The Balaban J connectivity index is 2.42. The average Bonchev–Trinajstić information content (AvgIpc) is 2.46. The van der Waals surface area contributed by atoms with Crippen molar-refractivity contribution in [1.29, 1.82) is 0 Å². The molecule has 0 saturated carbocycles. The van der Waals surface area contributed by atoms with Crippen molar-refractivity contribution in [2.75, 3.05) is 11.9 Å². The van der Waals surface area contributed by atoms with Crippen molar-refractivity contribution < 1.29 is 4.79 Å². The van der Waals surface area contributed by atoms with E-state index < -0.39 is 6.03 Å². The van der Waals surface area contributed by atoms with Crippen LogP contribution in [0.4, 0.5) is 10.6 Å². The molecule has 1 aliphatic rings. The number of carbonyl (C=O) groups excluding carboxylic acids is 1. The van der Waals surface area contributed by atoms with Crippen LogP contribution in [-0.4, -0.2) is 22.4 Å². The lowest BCUT2D eigenvalue weighted by molar-refractivity contribution is 0.248. The van der Waals surface area contributed by atoms with E-state index in [0.717, 1.165) is 43.7 Å². The zero-order valence-electron chi connectivity index (χ0n) is 10.5. The van der Waals surface area contributed by atoms with Gasteiger partial charge in [-0.25, -0.2) is 4.79 Å². The fourth-order valence-electron chi connectivity index (χ4n) is 2.28. The van der Waals surface area contributed by atoms with Gasteiger partial charge in [-0.05, 0) is 31.6 Å². The first kappa shape index (κ1) is 12.0. The Morgan fingerprint density at radius 1 is 1.53 bits per heavy atom. The molecule has 0 unspecified atom stereocenters. The molecule has 5 heteroatoms. The molecule has 0 radical (unpaired) electrons. The fraction of sp³-hybridized carbons (Fsp3) is 0.667. The topological polar surface area (TPSA) is 72.9 Å². The van der Waals surface area contributed by atoms with Crippen molar-refractivity contribution in [2.24, 2.45) is 11.7 Å². The molecule has 0 fully saturated rings. The third-order valence-electron chi connectivity index (χ3n) is 3.02. The molecule has 0 atom stereocenters. The number of nitrogens with one attached hydrogen (secondary N) is 1. The van der Waals surface area contributed by atoms with Gasteiger partial charge in [0.25, 0.3) is 0 Å². The summed E-state index contributed by atoms with van der Waals surface area (Å²) in [5.74, 6) is 1.34. The first-order valence-corrected chi connectivity index (χ1v) is 6.24. The van der Waals surface area contributed by atoms with Gasteiger partial charge in [0.2, 0.25) is 0 Å². The molecular formula is C12H20N4O. The van der Waals surface area contributed by atoms with Crippen LogP contribution in [0.2, 0.25) is 0 Å². The van der Waals surface area contributed by atoms with Crippen LogP contribution < -0.4 is 11.1 Å². The van der Waals surface area contributed by atoms with Gasteiger partial charge >= 0.3 is 6.03 Å². The lowest BCUT2D eigenvalue weighted by Gasteiger charge is -2.05. The van der Waals surface area contributed by atoms with Crippen LogP contribution in [0, 0.1) is 5.92 Å². The first-order valence-electron chi connectivity index (χ1n) is 6.24. The number of rotatable bonds is 2. The Hall–Kier alpha value is -1.52. The second-order valence-electron chi connectivity index (χ2n) is 5.01. The molecule has 94 valence electrons. The van der Waals surface area contributed by atoms with Gasteiger partial charge in [-0.3, -0.25) is 0 Å². The number of anilines is 1. The largest absolute Gasteiger partial charge is 0.370 e. The smallest absolute Gasteiger partial charge is 0.341 e. The van der Waals surface area contributed by atoms with Crippen LogP contribution in [0.3, 0.4) is 0 Å². The van der Waals surface area contributed by atoms with Crippen LogP contribution >= 0.6 is 0 Å². The highest BCUT2D eigenvalue weighted by atomic mass is 16.2. The number of hydrogen-bond donors (Lipinski definition) is 2. The Morgan fingerprint density at radius 3 is 2.94 bits per heavy atom. The van der Waals surface area contributed by atoms with Gasteiger partial charge in [0, 0.05) is 12.1 Å². The third-order valence-corrected chi connectivity index (χ3v) is 3.02. The minimum absolute atomic E-state index is 0.509. The zero-order chi connectivity index (χ0) is 12.4. The molecule has 0 spiro atoms. The summed E-state index contributed by atoms with van der Waals surface area (Å²) in [6, 6.07) is -0.509. The molecule has 2 rings (SSSR count). The molecule has 3 N–H and O–H groups in total. The maximum Gasteiger partial charge on any atom is 0.341 e. The van der Waals surface area contributed by atoms with E-state index in [0.29, 0.717) is 5.92 Å². The molecular weight excluding hydrogens is 216 g/mol. The highest BCUT2D eigenvalue weighted by Gasteiger charge is 2.22. The predicted molar refractivity (Wildman–Crippen MR) is 67.2 cm³/mol. The summed E-state index contributed by atoms with van der Waals surface area (Å²) < 4.78 is 1.32. The van der Waals surface area contributed by atoms with E-state index >= 15 is 0 Å². The number of carbonyl (C=O) groups is 1. The van der Waals surface area contributed by atoms with Crippen molar-refractivity contribution in [2.45, 2.75) is 39.5 Å². The highest BCUT2D eigenvalue weighted by Crippen LogP contribution is 2.26. The Labute approximate surface area is 101 Å². The minimum atomic E-state index is -0.509. The quantitative estimate of drug-likeness (QED) is 0.821.